The van der Waals surface area contributed by atoms with Crippen LogP contribution in [0.5, 0.6) is 0 Å². The Morgan fingerprint density at radius 1 is 0.317 bits per heavy atom. The van der Waals surface area contributed by atoms with E-state index in [2.05, 4.69) is 144 Å². The van der Waals surface area contributed by atoms with Gasteiger partial charge >= 0.3 is 6.01 Å². The molecule has 13 rings (SSSR count). The number of para-hydroxylation sites is 2. The molecular formula is C53H30N4O3. The van der Waals surface area contributed by atoms with Gasteiger partial charge in [0.25, 0.3) is 0 Å². The molecule has 0 spiro atoms. The largest absolute Gasteiger partial charge is 0.436 e. The van der Waals surface area contributed by atoms with Crippen LogP contribution < -0.4 is 0 Å². The number of hydrogen-bond acceptors (Lipinski definition) is 6. The molecule has 13 aromatic rings. The van der Waals surface area contributed by atoms with E-state index >= 15 is 0 Å². The third kappa shape index (κ3) is 5.19. The van der Waals surface area contributed by atoms with Gasteiger partial charge in [-0.3, -0.25) is 4.57 Å². The summed E-state index contributed by atoms with van der Waals surface area (Å²) in [6.07, 6.45) is 0. The highest BCUT2D eigenvalue weighted by atomic mass is 16.4. The summed E-state index contributed by atoms with van der Waals surface area (Å²) < 4.78 is 21.4. The van der Waals surface area contributed by atoms with E-state index in [1.165, 1.54) is 21.5 Å². The molecule has 0 amide bonds. The Labute approximate surface area is 341 Å². The van der Waals surface area contributed by atoms with Crippen LogP contribution in [0.1, 0.15) is 0 Å². The van der Waals surface area contributed by atoms with Crippen LogP contribution in [0.2, 0.25) is 0 Å². The Kier molecular flexibility index (Phi) is 6.88. The second kappa shape index (κ2) is 12.6. The van der Waals surface area contributed by atoms with E-state index in [9.17, 15) is 0 Å². The first-order valence-corrected chi connectivity index (χ1v) is 19.9. The van der Waals surface area contributed by atoms with E-state index in [0.717, 1.165) is 82.9 Å². The highest BCUT2D eigenvalue weighted by Gasteiger charge is 2.21. The van der Waals surface area contributed by atoms with Crippen LogP contribution in [0.15, 0.2) is 195 Å². The Morgan fingerprint density at radius 3 is 1.48 bits per heavy atom. The fourth-order valence-corrected chi connectivity index (χ4v) is 8.65. The van der Waals surface area contributed by atoms with Crippen molar-refractivity contribution in [1.82, 2.24) is 19.5 Å². The second-order valence-corrected chi connectivity index (χ2v) is 15.3. The number of benzene rings is 9. The summed E-state index contributed by atoms with van der Waals surface area (Å²) in [5.41, 5.74) is 12.5. The molecule has 60 heavy (non-hydrogen) atoms. The fraction of sp³-hybridized carbons (Fsp3) is 0. The molecule has 4 aromatic heterocycles. The Morgan fingerprint density at radius 2 is 0.817 bits per heavy atom. The maximum Gasteiger partial charge on any atom is 0.307 e. The lowest BCUT2D eigenvalue weighted by Crippen LogP contribution is -1.93. The first-order chi connectivity index (χ1) is 29.6. The molecule has 0 fully saturated rings. The van der Waals surface area contributed by atoms with Gasteiger partial charge in [0.1, 0.15) is 16.6 Å². The zero-order valence-corrected chi connectivity index (χ0v) is 31.8. The van der Waals surface area contributed by atoms with Crippen LogP contribution in [-0.4, -0.2) is 19.5 Å². The Bertz CT molecular complexity index is 3830. The molecule has 280 valence electrons. The van der Waals surface area contributed by atoms with Crippen molar-refractivity contribution in [2.75, 3.05) is 0 Å². The van der Waals surface area contributed by atoms with Gasteiger partial charge in [0.05, 0.1) is 11.0 Å². The summed E-state index contributed by atoms with van der Waals surface area (Å²) in [6, 6.07) is 63.1. The molecule has 0 aliphatic rings. The van der Waals surface area contributed by atoms with Crippen molar-refractivity contribution in [1.29, 1.82) is 0 Å². The monoisotopic (exact) mass is 770 g/mol. The molecule has 7 heteroatoms. The lowest BCUT2D eigenvalue weighted by Gasteiger charge is -2.04. The van der Waals surface area contributed by atoms with Gasteiger partial charge in [0, 0.05) is 21.9 Å². The molecule has 9 aromatic carbocycles. The molecule has 0 radical (unpaired) electrons. The fourth-order valence-electron chi connectivity index (χ4n) is 8.65. The summed E-state index contributed by atoms with van der Waals surface area (Å²) >= 11 is 0. The minimum atomic E-state index is 0.478. The van der Waals surface area contributed by atoms with Crippen molar-refractivity contribution in [3.63, 3.8) is 0 Å². The van der Waals surface area contributed by atoms with Crippen molar-refractivity contribution >= 4 is 76.6 Å². The smallest absolute Gasteiger partial charge is 0.307 e. The average Bonchev–Trinajstić information content (AvgIpc) is 4.10. The molecule has 4 heterocycles. The number of nitrogens with zero attached hydrogens (tertiary/aromatic N) is 4. The van der Waals surface area contributed by atoms with E-state index in [4.69, 9.17) is 28.2 Å². The quantitative estimate of drug-likeness (QED) is 0.173. The number of fused-ring (bicyclic) bond motifs is 8. The van der Waals surface area contributed by atoms with Gasteiger partial charge in [-0.25, -0.2) is 9.97 Å². The molecule has 0 unspecified atom stereocenters. The third-order valence-corrected chi connectivity index (χ3v) is 11.7. The van der Waals surface area contributed by atoms with Gasteiger partial charge in [-0.1, -0.05) is 97.1 Å². The van der Waals surface area contributed by atoms with Crippen molar-refractivity contribution in [3.8, 4) is 51.2 Å². The van der Waals surface area contributed by atoms with E-state index in [1.54, 1.807) is 0 Å². The highest BCUT2D eigenvalue weighted by molar-refractivity contribution is 6.11. The molecular weight excluding hydrogens is 741 g/mol. The van der Waals surface area contributed by atoms with Crippen molar-refractivity contribution < 1.29 is 13.3 Å². The van der Waals surface area contributed by atoms with Crippen LogP contribution in [0.25, 0.3) is 128 Å². The Hall–Kier alpha value is -8.29. The number of aromatic nitrogens is 4. The van der Waals surface area contributed by atoms with Gasteiger partial charge in [-0.2, -0.15) is 4.98 Å². The lowest BCUT2D eigenvalue weighted by molar-refractivity contribution is 0.574. The van der Waals surface area contributed by atoms with Crippen molar-refractivity contribution in [2.45, 2.75) is 0 Å². The summed E-state index contributed by atoms with van der Waals surface area (Å²) in [4.78, 5) is 14.9. The molecule has 7 nitrogen and oxygen atoms in total. The lowest BCUT2D eigenvalue weighted by atomic mass is 10.0. The maximum atomic E-state index is 6.56. The normalized spacial score (nSPS) is 12.0. The third-order valence-electron chi connectivity index (χ3n) is 11.7. The highest BCUT2D eigenvalue weighted by Crippen LogP contribution is 2.39. The first-order valence-electron chi connectivity index (χ1n) is 19.9. The van der Waals surface area contributed by atoms with Crippen LogP contribution >= 0.6 is 0 Å². The number of oxazole rings is 3. The summed E-state index contributed by atoms with van der Waals surface area (Å²) in [7, 11) is 0. The minimum absolute atomic E-state index is 0.478. The SMILES string of the molecule is c1ccc2cc(-c3ccc4oc(-n5c6ccc(-c7nc8ccccc8o7)cc6c6cc(-c7nc8ccc(-c9ccc%10ccccc%10c9)cc8o7)ccc65)nc4c3)ccc2c1. The summed E-state index contributed by atoms with van der Waals surface area (Å²) in [6.45, 7) is 0. The zero-order chi connectivity index (χ0) is 39.3. The van der Waals surface area contributed by atoms with Gasteiger partial charge in [0.15, 0.2) is 16.7 Å². The van der Waals surface area contributed by atoms with E-state index < -0.39 is 0 Å². The van der Waals surface area contributed by atoms with E-state index in [1.807, 2.05) is 42.5 Å². The van der Waals surface area contributed by atoms with Crippen molar-refractivity contribution in [2.24, 2.45) is 0 Å². The number of hydrogen-bond donors (Lipinski definition) is 0. The van der Waals surface area contributed by atoms with Crippen molar-refractivity contribution in [3.05, 3.63) is 182 Å². The second-order valence-electron chi connectivity index (χ2n) is 15.3. The van der Waals surface area contributed by atoms with E-state index in [-0.39, 0.29) is 0 Å². The molecule has 0 aliphatic carbocycles. The van der Waals surface area contributed by atoms with Crippen LogP contribution in [0.4, 0.5) is 0 Å². The van der Waals surface area contributed by atoms with Crippen LogP contribution in [0.3, 0.4) is 0 Å². The molecule has 0 bridgehead atoms. The van der Waals surface area contributed by atoms with Gasteiger partial charge < -0.3 is 13.3 Å². The molecule has 0 saturated carbocycles. The molecule has 0 saturated heterocycles. The predicted molar refractivity (Wildman–Crippen MR) is 240 cm³/mol. The number of rotatable bonds is 5. The maximum absolute atomic E-state index is 6.56. The van der Waals surface area contributed by atoms with Gasteiger partial charge in [0.2, 0.25) is 11.8 Å². The van der Waals surface area contributed by atoms with Gasteiger partial charge in [-0.15, -0.1) is 0 Å². The van der Waals surface area contributed by atoms with E-state index in [0.29, 0.717) is 23.4 Å². The minimum Gasteiger partial charge on any atom is -0.436 e. The molecule has 0 aliphatic heterocycles. The van der Waals surface area contributed by atoms with Crippen LogP contribution in [0, 0.1) is 0 Å². The standard InChI is InChI=1S/C53H30N4O3/c1-3-9-33-25-35(15-13-31(33)7-1)37-20-24-49-45(29-37)56-53(60-49)57-46-22-18-39(51-54-43-11-5-6-12-48(43)58-51)27-41(46)42-28-40(19-23-47(42)57)52-55-44-21-17-38(30-50(44)59-52)36-16-14-32-8-2-4-10-34(32)26-36/h1-30H. The zero-order valence-electron chi connectivity index (χ0n) is 31.8. The van der Waals surface area contributed by atoms with Gasteiger partial charge in [-0.05, 0) is 129 Å². The Balaban J connectivity index is 0.950. The topological polar surface area (TPSA) is 83.0 Å². The summed E-state index contributed by atoms with van der Waals surface area (Å²) in [5, 5.41) is 6.79. The van der Waals surface area contributed by atoms with Crippen LogP contribution in [-0.2, 0) is 0 Å². The summed E-state index contributed by atoms with van der Waals surface area (Å²) in [5.74, 6) is 1.10. The molecule has 0 N–H and O–H groups in total. The molecule has 0 atom stereocenters. The predicted octanol–water partition coefficient (Wildman–Crippen LogP) is 14.2. The average molecular weight is 771 g/mol. The first kappa shape index (κ1) is 32.8.